The average Bonchev–Trinajstić information content (AvgIpc) is 2.03. The molecule has 1 heterocycles. The van der Waals surface area contributed by atoms with Crippen LogP contribution in [0.25, 0.3) is 0 Å². The van der Waals surface area contributed by atoms with Crippen LogP contribution in [0.1, 0.15) is 12.8 Å². The highest BCUT2D eigenvalue weighted by Gasteiger charge is 2.12. The van der Waals surface area contributed by atoms with Crippen molar-refractivity contribution in [3.63, 3.8) is 0 Å². The van der Waals surface area contributed by atoms with E-state index in [0.29, 0.717) is 0 Å². The average molecular weight is 161 g/mol. The van der Waals surface area contributed by atoms with Gasteiger partial charge in [-0.05, 0) is 30.3 Å². The van der Waals surface area contributed by atoms with Crippen molar-refractivity contribution in [2.45, 2.75) is 12.8 Å². The molecule has 0 amide bonds. The molecule has 1 aliphatic heterocycles. The van der Waals surface area contributed by atoms with E-state index in [4.69, 9.17) is 4.84 Å². The van der Waals surface area contributed by atoms with Gasteiger partial charge in [-0.1, -0.05) is 0 Å². The van der Waals surface area contributed by atoms with Crippen LogP contribution in [0.3, 0.4) is 0 Å². The summed E-state index contributed by atoms with van der Waals surface area (Å²) in [7, 11) is 1.68. The van der Waals surface area contributed by atoms with E-state index in [1.54, 1.807) is 7.11 Å². The Bertz CT molecular complexity index is 83.7. The topological polar surface area (TPSA) is 21.3 Å². The van der Waals surface area contributed by atoms with Crippen LogP contribution in [0.2, 0.25) is 0 Å². The molecule has 2 nitrogen and oxygen atoms in total. The second-order valence-electron chi connectivity index (χ2n) is 2.64. The van der Waals surface area contributed by atoms with Gasteiger partial charge in [-0.3, -0.25) is 0 Å². The molecule has 0 saturated carbocycles. The first-order valence-electron chi connectivity index (χ1n) is 3.77. The summed E-state index contributed by atoms with van der Waals surface area (Å²) in [5.41, 5.74) is 2.90. The summed E-state index contributed by atoms with van der Waals surface area (Å²) in [4.78, 5) is 4.79. The van der Waals surface area contributed by atoms with Gasteiger partial charge in [0, 0.05) is 6.54 Å². The van der Waals surface area contributed by atoms with E-state index in [0.717, 1.165) is 12.5 Å². The Morgan fingerprint density at radius 2 is 2.60 bits per heavy atom. The SMILES string of the molecule is CONCC1CCCSC1. The van der Waals surface area contributed by atoms with E-state index < -0.39 is 0 Å². The summed E-state index contributed by atoms with van der Waals surface area (Å²) in [6.07, 6.45) is 2.74. The fraction of sp³-hybridized carbons (Fsp3) is 1.00. The third-order valence-corrected chi connectivity index (χ3v) is 3.06. The molecule has 3 heteroatoms. The lowest BCUT2D eigenvalue weighted by molar-refractivity contribution is 0.0809. The van der Waals surface area contributed by atoms with Gasteiger partial charge in [0.15, 0.2) is 0 Å². The van der Waals surface area contributed by atoms with Gasteiger partial charge in [0.1, 0.15) is 0 Å². The van der Waals surface area contributed by atoms with Crippen LogP contribution in [-0.2, 0) is 4.84 Å². The Labute approximate surface area is 66.7 Å². The smallest absolute Gasteiger partial charge is 0.0572 e. The number of thioether (sulfide) groups is 1. The lowest BCUT2D eigenvalue weighted by atomic mass is 10.1. The fourth-order valence-corrected chi connectivity index (χ4v) is 2.32. The summed E-state index contributed by atoms with van der Waals surface area (Å²) >= 11 is 2.06. The van der Waals surface area contributed by atoms with E-state index in [9.17, 15) is 0 Å². The zero-order chi connectivity index (χ0) is 7.23. The van der Waals surface area contributed by atoms with E-state index in [-0.39, 0.29) is 0 Å². The maximum absolute atomic E-state index is 4.79. The molecule has 0 aliphatic carbocycles. The van der Waals surface area contributed by atoms with Crippen molar-refractivity contribution in [2.24, 2.45) is 5.92 Å². The number of hydrogen-bond acceptors (Lipinski definition) is 3. The van der Waals surface area contributed by atoms with Crippen LogP contribution in [0.15, 0.2) is 0 Å². The maximum Gasteiger partial charge on any atom is 0.0572 e. The quantitative estimate of drug-likeness (QED) is 0.630. The summed E-state index contributed by atoms with van der Waals surface area (Å²) in [6.45, 7) is 1.02. The molecule has 10 heavy (non-hydrogen) atoms. The van der Waals surface area contributed by atoms with Gasteiger partial charge < -0.3 is 4.84 Å². The Kier molecular flexibility index (Phi) is 4.18. The van der Waals surface area contributed by atoms with Gasteiger partial charge in [-0.25, -0.2) is 5.48 Å². The first-order valence-corrected chi connectivity index (χ1v) is 4.92. The molecule has 1 rings (SSSR count). The highest BCUT2D eigenvalue weighted by Crippen LogP contribution is 2.21. The molecule has 1 saturated heterocycles. The Hall–Kier alpha value is 0.270. The third kappa shape index (κ3) is 2.90. The third-order valence-electron chi connectivity index (χ3n) is 1.77. The summed E-state index contributed by atoms with van der Waals surface area (Å²) in [6, 6.07) is 0. The Morgan fingerprint density at radius 1 is 1.70 bits per heavy atom. The van der Waals surface area contributed by atoms with Crippen molar-refractivity contribution in [2.75, 3.05) is 25.2 Å². The zero-order valence-corrected chi connectivity index (χ0v) is 7.25. The zero-order valence-electron chi connectivity index (χ0n) is 6.43. The molecular formula is C7H15NOS. The van der Waals surface area contributed by atoms with Gasteiger partial charge in [0.25, 0.3) is 0 Å². The lowest BCUT2D eigenvalue weighted by Gasteiger charge is -2.20. The van der Waals surface area contributed by atoms with E-state index in [1.807, 2.05) is 0 Å². The molecule has 0 radical (unpaired) electrons. The highest BCUT2D eigenvalue weighted by molar-refractivity contribution is 7.99. The largest absolute Gasteiger partial charge is 0.305 e. The van der Waals surface area contributed by atoms with Crippen molar-refractivity contribution in [3.05, 3.63) is 0 Å². The van der Waals surface area contributed by atoms with E-state index >= 15 is 0 Å². The molecule has 1 aliphatic rings. The van der Waals surface area contributed by atoms with Crippen molar-refractivity contribution in [1.82, 2.24) is 5.48 Å². The lowest BCUT2D eigenvalue weighted by Crippen LogP contribution is -2.25. The molecule has 1 N–H and O–H groups in total. The van der Waals surface area contributed by atoms with Crippen LogP contribution < -0.4 is 5.48 Å². The molecule has 0 aromatic heterocycles. The molecule has 60 valence electrons. The van der Waals surface area contributed by atoms with Gasteiger partial charge in [-0.2, -0.15) is 11.8 Å². The van der Waals surface area contributed by atoms with Crippen molar-refractivity contribution in [3.8, 4) is 0 Å². The minimum Gasteiger partial charge on any atom is -0.305 e. The molecule has 1 fully saturated rings. The molecular weight excluding hydrogens is 146 g/mol. The van der Waals surface area contributed by atoms with E-state index in [2.05, 4.69) is 17.2 Å². The van der Waals surface area contributed by atoms with Crippen molar-refractivity contribution >= 4 is 11.8 Å². The van der Waals surface area contributed by atoms with Crippen LogP contribution in [0, 0.1) is 5.92 Å². The van der Waals surface area contributed by atoms with Crippen LogP contribution in [0.5, 0.6) is 0 Å². The van der Waals surface area contributed by atoms with Gasteiger partial charge in [0.05, 0.1) is 7.11 Å². The molecule has 0 bridgehead atoms. The normalized spacial score (nSPS) is 26.7. The van der Waals surface area contributed by atoms with Crippen LogP contribution in [-0.4, -0.2) is 25.2 Å². The van der Waals surface area contributed by atoms with E-state index in [1.165, 1.54) is 24.3 Å². The van der Waals surface area contributed by atoms with Crippen molar-refractivity contribution in [1.29, 1.82) is 0 Å². The van der Waals surface area contributed by atoms with Gasteiger partial charge >= 0.3 is 0 Å². The van der Waals surface area contributed by atoms with Crippen molar-refractivity contribution < 1.29 is 4.84 Å². The minimum atomic E-state index is 0.832. The standard InChI is InChI=1S/C7H15NOS/c1-9-8-5-7-3-2-4-10-6-7/h7-8H,2-6H2,1H3. The summed E-state index contributed by atoms with van der Waals surface area (Å²) in [5.74, 6) is 3.48. The first-order chi connectivity index (χ1) is 4.93. The summed E-state index contributed by atoms with van der Waals surface area (Å²) in [5, 5.41) is 0. The van der Waals surface area contributed by atoms with Gasteiger partial charge in [-0.15, -0.1) is 0 Å². The Morgan fingerprint density at radius 3 is 3.20 bits per heavy atom. The molecule has 0 aromatic rings. The number of hydroxylamine groups is 1. The monoisotopic (exact) mass is 161 g/mol. The molecule has 1 atom stereocenters. The minimum absolute atomic E-state index is 0.832. The predicted molar refractivity (Wildman–Crippen MR) is 45.1 cm³/mol. The maximum atomic E-state index is 4.79. The first kappa shape index (κ1) is 8.37. The summed E-state index contributed by atoms with van der Waals surface area (Å²) < 4.78 is 0. The predicted octanol–water partition coefficient (Wildman–Crippen LogP) is 1.28. The number of nitrogens with one attached hydrogen (secondary N) is 1. The second kappa shape index (κ2) is 4.99. The molecule has 0 aromatic carbocycles. The highest BCUT2D eigenvalue weighted by atomic mass is 32.2. The number of rotatable bonds is 3. The van der Waals surface area contributed by atoms with Crippen LogP contribution >= 0.6 is 11.8 Å². The second-order valence-corrected chi connectivity index (χ2v) is 3.79. The Balaban J connectivity index is 2.02. The molecule has 1 unspecified atom stereocenters. The molecule has 0 spiro atoms. The fourth-order valence-electron chi connectivity index (χ4n) is 1.17. The number of hydrogen-bond donors (Lipinski definition) is 1. The van der Waals surface area contributed by atoms with Crippen LogP contribution in [0.4, 0.5) is 0 Å². The van der Waals surface area contributed by atoms with Gasteiger partial charge in [0.2, 0.25) is 0 Å².